The number of fused-ring (bicyclic) bond motifs is 1. The Morgan fingerprint density at radius 3 is 2.52 bits per heavy atom. The minimum atomic E-state index is -0.494. The maximum Gasteiger partial charge on any atom is 0.234 e. The number of amides is 1. The van der Waals surface area contributed by atoms with Gasteiger partial charge in [0.1, 0.15) is 5.75 Å². The number of hydrogen-bond donors (Lipinski definition) is 1. The predicted molar refractivity (Wildman–Crippen MR) is 123 cm³/mol. The molecule has 29 heavy (non-hydrogen) atoms. The number of ether oxygens (including phenoxy) is 1. The molecule has 1 aliphatic heterocycles. The van der Waals surface area contributed by atoms with E-state index in [1.807, 2.05) is 43.8 Å². The van der Waals surface area contributed by atoms with Gasteiger partial charge in [-0.3, -0.25) is 4.79 Å². The molecule has 2 aromatic carbocycles. The molecule has 1 amide bonds. The van der Waals surface area contributed by atoms with E-state index >= 15 is 0 Å². The van der Waals surface area contributed by atoms with Crippen LogP contribution in [0.15, 0.2) is 41.3 Å². The second-order valence-corrected chi connectivity index (χ2v) is 10.6. The molecule has 3 rings (SSSR count). The summed E-state index contributed by atoms with van der Waals surface area (Å²) in [6, 6.07) is 12.7. The van der Waals surface area contributed by atoms with Crippen molar-refractivity contribution in [1.82, 2.24) is 0 Å². The molecule has 4 heteroatoms. The van der Waals surface area contributed by atoms with Crippen molar-refractivity contribution in [2.45, 2.75) is 70.1 Å². The van der Waals surface area contributed by atoms with Crippen LogP contribution in [0.1, 0.15) is 64.2 Å². The SMILES string of the molecule is Cc1cc(C(C)(C)C)ccc1SCCCCOc1ccc2c(c1)C(C)(C)C(=O)N2. The van der Waals surface area contributed by atoms with E-state index in [0.29, 0.717) is 6.61 Å². The molecule has 0 unspecified atom stereocenters. The van der Waals surface area contributed by atoms with E-state index in [9.17, 15) is 4.79 Å². The first-order valence-corrected chi connectivity index (χ1v) is 11.4. The quantitative estimate of drug-likeness (QED) is 0.419. The molecule has 0 saturated heterocycles. The Kier molecular flexibility index (Phi) is 6.33. The number of carbonyl (C=O) groups is 1. The zero-order valence-corrected chi connectivity index (χ0v) is 19.3. The lowest BCUT2D eigenvalue weighted by atomic mass is 9.86. The minimum Gasteiger partial charge on any atom is -0.494 e. The van der Waals surface area contributed by atoms with Gasteiger partial charge in [0, 0.05) is 10.6 Å². The summed E-state index contributed by atoms with van der Waals surface area (Å²) in [5.74, 6) is 1.98. The smallest absolute Gasteiger partial charge is 0.234 e. The van der Waals surface area contributed by atoms with E-state index < -0.39 is 5.41 Å². The average molecular weight is 412 g/mol. The third-order valence-corrected chi connectivity index (χ3v) is 6.85. The third-order valence-electron chi connectivity index (χ3n) is 5.59. The summed E-state index contributed by atoms with van der Waals surface area (Å²) in [6.07, 6.45) is 2.13. The Balaban J connectivity index is 1.43. The van der Waals surface area contributed by atoms with Crippen LogP contribution in [0.3, 0.4) is 0 Å². The molecular weight excluding hydrogens is 378 g/mol. The van der Waals surface area contributed by atoms with E-state index in [1.165, 1.54) is 16.0 Å². The fourth-order valence-electron chi connectivity index (χ4n) is 3.49. The van der Waals surface area contributed by atoms with Gasteiger partial charge in [-0.05, 0) is 85.7 Å². The molecule has 0 spiro atoms. The van der Waals surface area contributed by atoms with Gasteiger partial charge in [0.15, 0.2) is 0 Å². The lowest BCUT2D eigenvalue weighted by Crippen LogP contribution is -2.26. The summed E-state index contributed by atoms with van der Waals surface area (Å²) in [4.78, 5) is 13.4. The van der Waals surface area contributed by atoms with Crippen molar-refractivity contribution in [2.75, 3.05) is 17.7 Å². The fraction of sp³-hybridized carbons (Fsp3) is 0.480. The molecule has 0 atom stereocenters. The van der Waals surface area contributed by atoms with Gasteiger partial charge >= 0.3 is 0 Å². The molecular formula is C25H33NO2S. The van der Waals surface area contributed by atoms with Crippen LogP contribution in [0.4, 0.5) is 5.69 Å². The molecule has 0 aromatic heterocycles. The summed E-state index contributed by atoms with van der Waals surface area (Å²) in [5.41, 5.74) is 4.37. The summed E-state index contributed by atoms with van der Waals surface area (Å²) >= 11 is 1.93. The monoisotopic (exact) mass is 411 g/mol. The van der Waals surface area contributed by atoms with Gasteiger partial charge in [-0.25, -0.2) is 0 Å². The zero-order valence-electron chi connectivity index (χ0n) is 18.5. The van der Waals surface area contributed by atoms with Crippen molar-refractivity contribution in [3.05, 3.63) is 53.1 Å². The second-order valence-electron chi connectivity index (χ2n) is 9.42. The number of rotatable bonds is 7. The van der Waals surface area contributed by atoms with Crippen LogP contribution < -0.4 is 10.1 Å². The lowest BCUT2D eigenvalue weighted by molar-refractivity contribution is -0.119. The first-order valence-electron chi connectivity index (χ1n) is 10.4. The normalized spacial score (nSPS) is 15.2. The van der Waals surface area contributed by atoms with Crippen LogP contribution in [0, 0.1) is 6.92 Å². The van der Waals surface area contributed by atoms with E-state index in [2.05, 4.69) is 51.2 Å². The molecule has 2 aromatic rings. The van der Waals surface area contributed by atoms with Crippen LogP contribution in [0.25, 0.3) is 0 Å². The van der Waals surface area contributed by atoms with Gasteiger partial charge in [-0.15, -0.1) is 11.8 Å². The highest BCUT2D eigenvalue weighted by Gasteiger charge is 2.38. The second kappa shape index (κ2) is 8.43. The summed E-state index contributed by atoms with van der Waals surface area (Å²) in [7, 11) is 0. The van der Waals surface area contributed by atoms with Gasteiger partial charge in [-0.2, -0.15) is 0 Å². The Morgan fingerprint density at radius 1 is 1.07 bits per heavy atom. The van der Waals surface area contributed by atoms with Gasteiger partial charge in [0.25, 0.3) is 0 Å². The van der Waals surface area contributed by atoms with Crippen molar-refractivity contribution in [3.8, 4) is 5.75 Å². The number of thioether (sulfide) groups is 1. The number of aryl methyl sites for hydroxylation is 1. The van der Waals surface area contributed by atoms with Gasteiger partial charge in [0.05, 0.1) is 12.0 Å². The topological polar surface area (TPSA) is 38.3 Å². The highest BCUT2D eigenvalue weighted by molar-refractivity contribution is 7.99. The van der Waals surface area contributed by atoms with Crippen molar-refractivity contribution in [2.24, 2.45) is 0 Å². The summed E-state index contributed by atoms with van der Waals surface area (Å²) < 4.78 is 5.94. The average Bonchev–Trinajstić information content (AvgIpc) is 2.87. The number of nitrogens with one attached hydrogen (secondary N) is 1. The Labute approximate surface area is 179 Å². The maximum absolute atomic E-state index is 12.1. The van der Waals surface area contributed by atoms with Gasteiger partial charge < -0.3 is 10.1 Å². The van der Waals surface area contributed by atoms with Gasteiger partial charge in [-0.1, -0.05) is 32.9 Å². The Bertz CT molecular complexity index is 896. The molecule has 0 aliphatic carbocycles. The van der Waals surface area contributed by atoms with E-state index in [-0.39, 0.29) is 11.3 Å². The molecule has 1 N–H and O–H groups in total. The number of unbranched alkanes of at least 4 members (excludes halogenated alkanes) is 1. The lowest BCUT2D eigenvalue weighted by Gasteiger charge is -2.20. The first kappa shape index (κ1) is 21.8. The predicted octanol–water partition coefficient (Wildman–Crippen LogP) is 6.47. The minimum absolute atomic E-state index is 0.0486. The van der Waals surface area contributed by atoms with E-state index in [0.717, 1.165) is 35.6 Å². The summed E-state index contributed by atoms with van der Waals surface area (Å²) in [6.45, 7) is 13.6. The van der Waals surface area contributed by atoms with Gasteiger partial charge in [0.2, 0.25) is 5.91 Å². The van der Waals surface area contributed by atoms with E-state index in [1.54, 1.807) is 0 Å². The van der Waals surface area contributed by atoms with Crippen LogP contribution in [0.2, 0.25) is 0 Å². The van der Waals surface area contributed by atoms with Crippen LogP contribution >= 0.6 is 11.8 Å². The van der Waals surface area contributed by atoms with Crippen molar-refractivity contribution in [3.63, 3.8) is 0 Å². The molecule has 0 fully saturated rings. The largest absolute Gasteiger partial charge is 0.494 e. The molecule has 1 heterocycles. The van der Waals surface area contributed by atoms with Crippen molar-refractivity contribution >= 4 is 23.4 Å². The molecule has 1 aliphatic rings. The standard InChI is InChI=1S/C25H33NO2S/c1-17-15-18(24(2,3)4)9-12-22(17)29-14-8-7-13-28-19-10-11-21-20(16-19)25(5,6)23(27)26-21/h9-12,15-16H,7-8,13-14H2,1-6H3,(H,26,27). The van der Waals surface area contributed by atoms with Crippen LogP contribution in [-0.2, 0) is 15.6 Å². The molecule has 0 saturated carbocycles. The molecule has 0 bridgehead atoms. The fourth-order valence-corrected chi connectivity index (χ4v) is 4.51. The molecule has 156 valence electrons. The number of anilines is 1. The Hall–Kier alpha value is -1.94. The van der Waals surface area contributed by atoms with Crippen LogP contribution in [-0.4, -0.2) is 18.3 Å². The maximum atomic E-state index is 12.1. The number of hydrogen-bond acceptors (Lipinski definition) is 3. The van der Waals surface area contributed by atoms with Crippen LogP contribution in [0.5, 0.6) is 5.75 Å². The molecule has 0 radical (unpaired) electrons. The Morgan fingerprint density at radius 2 is 1.83 bits per heavy atom. The number of benzene rings is 2. The summed E-state index contributed by atoms with van der Waals surface area (Å²) in [5, 5.41) is 2.93. The molecule has 3 nitrogen and oxygen atoms in total. The van der Waals surface area contributed by atoms with E-state index in [4.69, 9.17) is 4.74 Å². The third kappa shape index (κ3) is 4.98. The van der Waals surface area contributed by atoms with Crippen molar-refractivity contribution < 1.29 is 9.53 Å². The highest BCUT2D eigenvalue weighted by atomic mass is 32.2. The first-order chi connectivity index (χ1) is 13.6. The highest BCUT2D eigenvalue weighted by Crippen LogP contribution is 2.39. The number of carbonyl (C=O) groups excluding carboxylic acids is 1. The zero-order chi connectivity index (χ0) is 21.2. The van der Waals surface area contributed by atoms with Crippen molar-refractivity contribution in [1.29, 1.82) is 0 Å².